The summed E-state index contributed by atoms with van der Waals surface area (Å²) in [5, 5.41) is 0.736. The lowest BCUT2D eigenvalue weighted by Crippen LogP contribution is -2.22. The van der Waals surface area contributed by atoms with Crippen molar-refractivity contribution in [3.63, 3.8) is 0 Å². The van der Waals surface area contributed by atoms with Gasteiger partial charge in [0.05, 0.1) is 17.3 Å². The summed E-state index contributed by atoms with van der Waals surface area (Å²) in [6.45, 7) is 7.42. The molecular formula is C15H20N2O3Si. The monoisotopic (exact) mass is 304 g/mol. The number of carbonyl (C=O) groups excluding carboxylic acids is 1. The minimum atomic E-state index is -1.12. The summed E-state index contributed by atoms with van der Waals surface area (Å²) in [6.07, 6.45) is 4.78. The lowest BCUT2D eigenvalue weighted by Gasteiger charge is -2.15. The number of aromatic nitrogens is 2. The topological polar surface area (TPSA) is 61.3 Å². The smallest absolute Gasteiger partial charge is 0.342 e. The van der Waals surface area contributed by atoms with E-state index in [2.05, 4.69) is 29.6 Å². The van der Waals surface area contributed by atoms with Gasteiger partial charge in [-0.15, -0.1) is 0 Å². The van der Waals surface area contributed by atoms with E-state index in [9.17, 15) is 4.79 Å². The van der Waals surface area contributed by atoms with Crippen LogP contribution in [-0.4, -0.2) is 37.4 Å². The highest BCUT2D eigenvalue weighted by atomic mass is 28.3. The molecule has 2 aromatic heterocycles. The van der Waals surface area contributed by atoms with E-state index in [1.54, 1.807) is 18.5 Å². The SMILES string of the molecule is C[Si](C)(C)CCOCOC(=O)c1cncc2ncccc12. The van der Waals surface area contributed by atoms with Crippen LogP contribution < -0.4 is 0 Å². The third kappa shape index (κ3) is 4.61. The van der Waals surface area contributed by atoms with Crippen LogP contribution in [0.1, 0.15) is 10.4 Å². The molecule has 112 valence electrons. The van der Waals surface area contributed by atoms with Gasteiger partial charge < -0.3 is 9.47 Å². The molecule has 21 heavy (non-hydrogen) atoms. The van der Waals surface area contributed by atoms with Gasteiger partial charge in [0.1, 0.15) is 0 Å². The van der Waals surface area contributed by atoms with E-state index in [4.69, 9.17) is 9.47 Å². The molecule has 0 aromatic carbocycles. The Hall–Kier alpha value is -1.79. The number of fused-ring (bicyclic) bond motifs is 1. The fourth-order valence-electron chi connectivity index (χ4n) is 1.77. The van der Waals surface area contributed by atoms with E-state index < -0.39 is 14.0 Å². The molecular weight excluding hydrogens is 284 g/mol. The standard InChI is InChI=1S/C15H20N2O3Si/c1-21(2,3)8-7-19-11-20-15(18)13-9-16-10-14-12(13)5-4-6-17-14/h4-6,9-10H,7-8,11H2,1-3H3. The van der Waals surface area contributed by atoms with Crippen LogP contribution in [0.4, 0.5) is 0 Å². The van der Waals surface area contributed by atoms with Crippen LogP contribution in [0.25, 0.3) is 10.9 Å². The van der Waals surface area contributed by atoms with Gasteiger partial charge in [-0.2, -0.15) is 0 Å². The first-order valence-corrected chi connectivity index (χ1v) is 10.6. The second-order valence-corrected chi connectivity index (χ2v) is 11.6. The Morgan fingerprint density at radius 1 is 1.29 bits per heavy atom. The van der Waals surface area contributed by atoms with E-state index in [1.165, 1.54) is 6.20 Å². The minimum Gasteiger partial charge on any atom is -0.435 e. The van der Waals surface area contributed by atoms with Crippen molar-refractivity contribution in [3.05, 3.63) is 36.3 Å². The van der Waals surface area contributed by atoms with Gasteiger partial charge in [0, 0.05) is 32.5 Å². The quantitative estimate of drug-likeness (QED) is 0.355. The van der Waals surface area contributed by atoms with Crippen LogP contribution in [0.2, 0.25) is 25.7 Å². The van der Waals surface area contributed by atoms with E-state index >= 15 is 0 Å². The van der Waals surface area contributed by atoms with Gasteiger partial charge in [-0.3, -0.25) is 9.97 Å². The summed E-state index contributed by atoms with van der Waals surface area (Å²) in [6, 6.07) is 4.65. The Morgan fingerprint density at radius 2 is 2.10 bits per heavy atom. The first-order chi connectivity index (χ1) is 9.97. The molecule has 0 aliphatic rings. The molecule has 0 saturated heterocycles. The summed E-state index contributed by atoms with van der Waals surface area (Å²) in [4.78, 5) is 20.2. The fraction of sp³-hybridized carbons (Fsp3) is 0.400. The molecule has 2 heterocycles. The van der Waals surface area contributed by atoms with E-state index in [-0.39, 0.29) is 6.79 Å². The van der Waals surface area contributed by atoms with Crippen LogP contribution in [0, 0.1) is 0 Å². The second kappa shape index (κ2) is 6.78. The number of esters is 1. The molecule has 0 spiro atoms. The summed E-state index contributed by atoms with van der Waals surface area (Å²) in [7, 11) is -1.12. The molecule has 6 heteroatoms. The molecule has 0 radical (unpaired) electrons. The molecule has 2 rings (SSSR count). The maximum absolute atomic E-state index is 12.1. The van der Waals surface area contributed by atoms with Crippen molar-refractivity contribution >= 4 is 24.9 Å². The Kier molecular flexibility index (Phi) is 5.03. The van der Waals surface area contributed by atoms with Crippen molar-refractivity contribution in [3.8, 4) is 0 Å². The summed E-state index contributed by atoms with van der Waals surface area (Å²) in [5.41, 5.74) is 1.08. The van der Waals surface area contributed by atoms with Crippen molar-refractivity contribution in [1.82, 2.24) is 9.97 Å². The van der Waals surface area contributed by atoms with Crippen molar-refractivity contribution < 1.29 is 14.3 Å². The highest BCUT2D eigenvalue weighted by Gasteiger charge is 2.14. The number of hydrogen-bond acceptors (Lipinski definition) is 5. The number of carbonyl (C=O) groups is 1. The molecule has 0 aliphatic heterocycles. The van der Waals surface area contributed by atoms with Crippen LogP contribution in [-0.2, 0) is 9.47 Å². The average molecular weight is 304 g/mol. The number of pyridine rings is 2. The maximum atomic E-state index is 12.1. The van der Waals surface area contributed by atoms with E-state index in [0.29, 0.717) is 17.7 Å². The molecule has 0 bridgehead atoms. The largest absolute Gasteiger partial charge is 0.435 e. The predicted molar refractivity (Wildman–Crippen MR) is 83.9 cm³/mol. The summed E-state index contributed by atoms with van der Waals surface area (Å²) in [5.74, 6) is -0.436. The van der Waals surface area contributed by atoms with Crippen LogP contribution in [0.15, 0.2) is 30.7 Å². The zero-order valence-corrected chi connectivity index (χ0v) is 13.6. The molecule has 0 unspecified atom stereocenters. The van der Waals surface area contributed by atoms with Crippen molar-refractivity contribution in [1.29, 1.82) is 0 Å². The lowest BCUT2D eigenvalue weighted by atomic mass is 10.1. The van der Waals surface area contributed by atoms with Crippen molar-refractivity contribution in [2.45, 2.75) is 25.7 Å². The zero-order valence-electron chi connectivity index (χ0n) is 12.6. The van der Waals surface area contributed by atoms with Crippen LogP contribution >= 0.6 is 0 Å². The summed E-state index contributed by atoms with van der Waals surface area (Å²) >= 11 is 0. The molecule has 0 amide bonds. The van der Waals surface area contributed by atoms with Crippen molar-refractivity contribution in [2.24, 2.45) is 0 Å². The van der Waals surface area contributed by atoms with Gasteiger partial charge in [-0.05, 0) is 12.1 Å². The molecule has 0 atom stereocenters. The fourth-order valence-corrected chi connectivity index (χ4v) is 2.53. The second-order valence-electron chi connectivity index (χ2n) is 6.03. The van der Waals surface area contributed by atoms with Gasteiger partial charge in [-0.1, -0.05) is 25.7 Å². The predicted octanol–water partition coefficient (Wildman–Crippen LogP) is 3.10. The molecule has 0 saturated carbocycles. The number of ether oxygens (including phenoxy) is 2. The lowest BCUT2D eigenvalue weighted by molar-refractivity contribution is -0.0275. The van der Waals surface area contributed by atoms with Crippen molar-refractivity contribution in [2.75, 3.05) is 13.4 Å². The highest BCUT2D eigenvalue weighted by Crippen LogP contribution is 2.15. The maximum Gasteiger partial charge on any atom is 0.342 e. The molecule has 0 fully saturated rings. The number of nitrogens with zero attached hydrogens (tertiary/aromatic N) is 2. The Bertz CT molecular complexity index is 620. The third-order valence-corrected chi connectivity index (χ3v) is 4.72. The Labute approximate surface area is 125 Å². The molecule has 5 nitrogen and oxygen atoms in total. The van der Waals surface area contributed by atoms with E-state index in [0.717, 1.165) is 11.4 Å². The number of rotatable bonds is 6. The van der Waals surface area contributed by atoms with Gasteiger partial charge in [0.15, 0.2) is 6.79 Å². The van der Waals surface area contributed by atoms with E-state index in [1.807, 2.05) is 6.07 Å². The molecule has 2 aromatic rings. The number of hydrogen-bond donors (Lipinski definition) is 0. The zero-order chi connectivity index (χ0) is 15.3. The molecule has 0 aliphatic carbocycles. The van der Waals surface area contributed by atoms with Gasteiger partial charge >= 0.3 is 5.97 Å². The van der Waals surface area contributed by atoms with Gasteiger partial charge in [0.2, 0.25) is 0 Å². The third-order valence-electron chi connectivity index (χ3n) is 3.02. The Balaban J connectivity index is 1.91. The highest BCUT2D eigenvalue weighted by molar-refractivity contribution is 6.76. The van der Waals surface area contributed by atoms with Crippen LogP contribution in [0.5, 0.6) is 0 Å². The molecule has 0 N–H and O–H groups in total. The average Bonchev–Trinajstić information content (AvgIpc) is 2.45. The van der Waals surface area contributed by atoms with Crippen LogP contribution in [0.3, 0.4) is 0 Å². The normalized spacial score (nSPS) is 11.6. The van der Waals surface area contributed by atoms with Gasteiger partial charge in [-0.25, -0.2) is 4.79 Å². The first-order valence-electron chi connectivity index (χ1n) is 6.91. The first kappa shape index (κ1) is 15.6. The Morgan fingerprint density at radius 3 is 2.86 bits per heavy atom. The minimum absolute atomic E-state index is 0.0278. The van der Waals surface area contributed by atoms with Gasteiger partial charge in [0.25, 0.3) is 0 Å². The summed E-state index contributed by atoms with van der Waals surface area (Å²) < 4.78 is 10.5.